The summed E-state index contributed by atoms with van der Waals surface area (Å²) in [5.74, 6) is -12.0. The number of nitrogens with two attached hydrogens (primary N) is 1. The van der Waals surface area contributed by atoms with Crippen LogP contribution in [-0.4, -0.2) is 237 Å². The van der Waals surface area contributed by atoms with Gasteiger partial charge < -0.3 is 111 Å². The molecule has 3 aromatic rings. The van der Waals surface area contributed by atoms with Crippen molar-refractivity contribution >= 4 is 52.6 Å². The molecule has 510 valence electrons. The van der Waals surface area contributed by atoms with Crippen LogP contribution < -0.4 is 21.1 Å². The second-order valence-electron chi connectivity index (χ2n) is 24.1. The SMILES string of the molecule is COc1cccc2c1C(=O)c1c(O)c3c(c(O)c1C2=O)C[C@](O)(C(=O)CO)CC3OC1C[C@H](NC(=O)OCc2ccc(CC(=O)C(CC(N)=O)CC(=O)C(C)NC(=O)C(CC(=O)[C@H](O)[C@H](O)[C@@H](O[C@@H]3O[C@H](CO)[C@H](O)[C@H](O)[C@H]3O)[C@H](O)CO)C(C)C)cc2)[C@H](O)[C@H](C)O1. The van der Waals surface area contributed by atoms with Gasteiger partial charge in [0.25, 0.3) is 0 Å². The molecule has 31 heteroatoms. The summed E-state index contributed by atoms with van der Waals surface area (Å²) in [5, 5.41) is 144. The molecule has 0 aromatic heterocycles. The Labute approximate surface area is 530 Å². The number of carbonyl (C=O) groups excluding carboxylic acids is 9. The fourth-order valence-electron chi connectivity index (χ4n) is 11.8. The van der Waals surface area contributed by atoms with Gasteiger partial charge >= 0.3 is 6.09 Å². The van der Waals surface area contributed by atoms with E-state index in [0.29, 0.717) is 11.1 Å². The number of hydrogen-bond acceptors (Lipinski definition) is 28. The molecule has 31 nitrogen and oxygen atoms in total. The molecule has 2 aliphatic heterocycles. The zero-order chi connectivity index (χ0) is 68.8. The Balaban J connectivity index is 0.936. The number of hydrogen-bond donors (Lipinski definition) is 16. The number of ether oxygens (including phenoxy) is 6. The van der Waals surface area contributed by atoms with Crippen molar-refractivity contribution in [2.75, 3.05) is 26.9 Å². The fraction of sp³-hybridized carbons (Fsp3) is 0.565. The Hall–Kier alpha value is -7.31. The van der Waals surface area contributed by atoms with Gasteiger partial charge in [-0.2, -0.15) is 0 Å². The minimum Gasteiger partial charge on any atom is -0.507 e. The van der Waals surface area contributed by atoms with Crippen molar-refractivity contribution in [1.82, 2.24) is 10.6 Å². The van der Waals surface area contributed by atoms with E-state index < -0.39 is 242 Å². The number of rotatable bonds is 29. The molecule has 7 rings (SSSR count). The van der Waals surface area contributed by atoms with Crippen molar-refractivity contribution in [1.29, 1.82) is 0 Å². The van der Waals surface area contributed by atoms with Gasteiger partial charge in [0.2, 0.25) is 17.6 Å². The maximum absolute atomic E-state index is 14.1. The summed E-state index contributed by atoms with van der Waals surface area (Å²) in [6, 6.07) is 7.72. The van der Waals surface area contributed by atoms with Gasteiger partial charge in [-0.1, -0.05) is 50.2 Å². The zero-order valence-corrected chi connectivity index (χ0v) is 51.2. The number of Topliss-reactive ketones (excluding diaryl/α,β-unsaturated/α-hetero) is 4. The number of aromatic hydroxyl groups is 2. The molecule has 0 spiro atoms. The van der Waals surface area contributed by atoms with Gasteiger partial charge in [0.15, 0.2) is 35.7 Å². The third-order valence-electron chi connectivity index (χ3n) is 17.3. The van der Waals surface area contributed by atoms with Crippen molar-refractivity contribution in [3.05, 3.63) is 87.0 Å². The zero-order valence-electron chi connectivity index (χ0n) is 51.2. The minimum absolute atomic E-state index is 0.00220. The summed E-state index contributed by atoms with van der Waals surface area (Å²) in [5.41, 5.74) is 1.64. The van der Waals surface area contributed by atoms with Crippen LogP contribution in [0, 0.1) is 17.8 Å². The standard InChI is InChI=1S/C62H79N3O28/c1-24(2)31(16-36(71)51(78)56(83)58(37(72)20-66)93-60-57(84)55(82)52(79)40(21-67)92-60)59(85)64-25(3)34(69)14-29(15-42(63)74)35(70)13-27-9-11-28(12-10-27)23-89-61(86)65-33-17-43(90-26(4)48(33)75)91-39-19-62(87,41(73)22-68)18-32-45(39)54(81)47-46(50(32)77)49(76)30-7-6-8-38(88-5)44(30)53(47)80/h6-12,24-26,29,31,33,37,39-40,43,48,51-52,55-58,60,66-68,72,75,77-79,81-84,87H,13-23H2,1-5H3,(H2,63,74)(H,64,85)(H,65,86)/t25?,26-,29?,31?,33-,37+,39?,40+,43?,48+,51-,52-,55-,56-,57+,58-,60-,62+/m0/s1. The average Bonchev–Trinajstić information content (AvgIpc) is 0.712. The van der Waals surface area contributed by atoms with E-state index in [4.69, 9.17) is 34.2 Å². The van der Waals surface area contributed by atoms with Crippen LogP contribution in [0.25, 0.3) is 0 Å². The molecule has 2 saturated heterocycles. The topological polar surface area (TPSA) is 522 Å². The van der Waals surface area contributed by atoms with Gasteiger partial charge in [-0.3, -0.25) is 38.4 Å². The number of fused-ring (bicyclic) bond motifs is 3. The van der Waals surface area contributed by atoms with Crippen LogP contribution in [0.15, 0.2) is 42.5 Å². The number of ketones is 6. The van der Waals surface area contributed by atoms with Gasteiger partial charge in [0.1, 0.15) is 96.8 Å². The molecule has 0 saturated carbocycles. The molecule has 18 atom stereocenters. The van der Waals surface area contributed by atoms with E-state index in [0.717, 1.165) is 0 Å². The van der Waals surface area contributed by atoms with Gasteiger partial charge in [0.05, 0.1) is 61.3 Å². The monoisotopic (exact) mass is 1310 g/mol. The highest BCUT2D eigenvalue weighted by molar-refractivity contribution is 6.31. The molecule has 4 aliphatic rings. The van der Waals surface area contributed by atoms with Crippen LogP contribution in [0.3, 0.4) is 0 Å². The summed E-state index contributed by atoms with van der Waals surface area (Å²) in [7, 11) is 1.26. The van der Waals surface area contributed by atoms with Crippen molar-refractivity contribution in [2.45, 2.75) is 177 Å². The molecular formula is C62H79N3O28. The number of methoxy groups -OCH3 is 1. The first-order chi connectivity index (χ1) is 43.8. The molecule has 5 unspecified atom stereocenters. The van der Waals surface area contributed by atoms with E-state index in [1.54, 1.807) is 0 Å². The number of phenolic OH excluding ortho intramolecular Hbond substituents is 2. The van der Waals surface area contributed by atoms with Crippen molar-refractivity contribution in [3.63, 3.8) is 0 Å². The summed E-state index contributed by atoms with van der Waals surface area (Å²) in [6.45, 7) is 2.25. The summed E-state index contributed by atoms with van der Waals surface area (Å²) >= 11 is 0. The van der Waals surface area contributed by atoms with Crippen molar-refractivity contribution in [2.24, 2.45) is 23.5 Å². The number of primary amides is 1. The van der Waals surface area contributed by atoms with E-state index in [1.165, 1.54) is 77.3 Å². The molecule has 2 fully saturated rings. The third-order valence-corrected chi connectivity index (χ3v) is 17.3. The first kappa shape index (κ1) is 73.1. The summed E-state index contributed by atoms with van der Waals surface area (Å²) in [4.78, 5) is 121. The molecule has 17 N–H and O–H groups in total. The molecular weight excluding hydrogens is 1230 g/mol. The molecule has 2 aliphatic carbocycles. The van der Waals surface area contributed by atoms with E-state index in [9.17, 15) is 110 Å². The maximum atomic E-state index is 14.1. The molecule has 0 bridgehead atoms. The normalized spacial score (nSPS) is 26.6. The first-order valence-corrected chi connectivity index (χ1v) is 29.8. The van der Waals surface area contributed by atoms with Crippen LogP contribution in [0.4, 0.5) is 4.79 Å². The number of phenols is 2. The highest BCUT2D eigenvalue weighted by Crippen LogP contribution is 2.53. The second kappa shape index (κ2) is 30.8. The average molecular weight is 1310 g/mol. The Morgan fingerprint density at radius 2 is 1.44 bits per heavy atom. The number of nitrogens with one attached hydrogen (secondary N) is 2. The number of alkyl carbamates (subject to hydrolysis) is 1. The highest BCUT2D eigenvalue weighted by atomic mass is 16.7. The maximum Gasteiger partial charge on any atom is 0.407 e. The van der Waals surface area contributed by atoms with Crippen LogP contribution in [0.2, 0.25) is 0 Å². The third kappa shape index (κ3) is 16.1. The number of aliphatic hydroxyl groups excluding tert-OH is 10. The minimum atomic E-state index is -2.45. The lowest BCUT2D eigenvalue weighted by Gasteiger charge is -2.42. The van der Waals surface area contributed by atoms with Crippen molar-refractivity contribution in [3.8, 4) is 17.2 Å². The lowest BCUT2D eigenvalue weighted by atomic mass is 9.72. The fourth-order valence-corrected chi connectivity index (χ4v) is 11.8. The van der Waals surface area contributed by atoms with Gasteiger partial charge in [-0.15, -0.1) is 0 Å². The Bertz CT molecular complexity index is 3280. The lowest BCUT2D eigenvalue weighted by Crippen LogP contribution is -2.61. The van der Waals surface area contributed by atoms with Crippen LogP contribution in [0.1, 0.15) is 120 Å². The number of carbonyl (C=O) groups is 9. The number of benzene rings is 3. The Morgan fingerprint density at radius 1 is 0.785 bits per heavy atom. The molecule has 2 heterocycles. The lowest BCUT2D eigenvalue weighted by molar-refractivity contribution is -0.326. The van der Waals surface area contributed by atoms with Crippen LogP contribution in [-0.2, 0) is 71.9 Å². The van der Waals surface area contributed by atoms with E-state index in [2.05, 4.69) is 10.6 Å². The van der Waals surface area contributed by atoms with E-state index in [1.807, 2.05) is 0 Å². The van der Waals surface area contributed by atoms with Crippen LogP contribution >= 0.6 is 0 Å². The summed E-state index contributed by atoms with van der Waals surface area (Å²) < 4.78 is 33.5. The highest BCUT2D eigenvalue weighted by Gasteiger charge is 2.52. The molecule has 93 heavy (non-hydrogen) atoms. The van der Waals surface area contributed by atoms with Gasteiger partial charge in [-0.05, 0) is 37.0 Å². The Kier molecular flexibility index (Phi) is 24.2. The van der Waals surface area contributed by atoms with Crippen molar-refractivity contribution < 1.29 is 138 Å². The smallest absolute Gasteiger partial charge is 0.407 e. The first-order valence-electron chi connectivity index (χ1n) is 29.8. The summed E-state index contributed by atoms with van der Waals surface area (Å²) in [6.07, 6.45) is -28.7. The number of aliphatic hydroxyl groups is 11. The van der Waals surface area contributed by atoms with E-state index >= 15 is 0 Å². The predicted octanol–water partition coefficient (Wildman–Crippen LogP) is -3.47. The predicted molar refractivity (Wildman–Crippen MR) is 312 cm³/mol. The molecule has 3 amide bonds. The van der Waals surface area contributed by atoms with Gasteiger partial charge in [0, 0.05) is 73.5 Å². The number of amides is 3. The Morgan fingerprint density at radius 3 is 2.05 bits per heavy atom. The van der Waals surface area contributed by atoms with Crippen LogP contribution in [0.5, 0.6) is 17.2 Å². The molecule has 3 aromatic carbocycles. The quantitative estimate of drug-likeness (QED) is 0.0235. The largest absolute Gasteiger partial charge is 0.507 e. The second-order valence-corrected chi connectivity index (χ2v) is 24.1. The molecule has 0 radical (unpaired) electrons. The van der Waals surface area contributed by atoms with E-state index in [-0.39, 0.29) is 47.5 Å². The van der Waals surface area contributed by atoms with Gasteiger partial charge in [-0.25, -0.2) is 4.79 Å².